The van der Waals surface area contributed by atoms with E-state index < -0.39 is 26.2 Å². The van der Waals surface area contributed by atoms with Gasteiger partial charge < -0.3 is 9.66 Å². The minimum Gasteiger partial charge on any atom is -0.744 e. The third-order valence-electron chi connectivity index (χ3n) is 2.99. The molecule has 0 aliphatic rings. The Bertz CT molecular complexity index is 587. The van der Waals surface area contributed by atoms with Crippen LogP contribution in [0.15, 0.2) is 17.0 Å². The van der Waals surface area contributed by atoms with Gasteiger partial charge in [0.05, 0.1) is 4.90 Å². The average Bonchev–Trinajstić information content (AvgIpc) is 2.11. The Morgan fingerprint density at radius 2 is 1.47 bits per heavy atom. The summed E-state index contributed by atoms with van der Waals surface area (Å²) < 4.78 is 34.1. The Balaban J connectivity index is 3.79. The molecule has 0 amide bonds. The number of phenolic OH excluding ortho intramolecular Hbond substituents is 1. The summed E-state index contributed by atoms with van der Waals surface area (Å²) >= 11 is 0. The molecule has 0 heterocycles. The molecule has 4 nitrogen and oxygen atoms in total. The summed E-state index contributed by atoms with van der Waals surface area (Å²) in [5, 5.41) is 9.96. The van der Waals surface area contributed by atoms with Gasteiger partial charge in [0.15, 0.2) is 0 Å². The Morgan fingerprint density at radius 3 is 1.79 bits per heavy atom. The quantitative estimate of drug-likeness (QED) is 0.805. The third-order valence-corrected chi connectivity index (χ3v) is 3.92. The zero-order valence-corrected chi connectivity index (χ0v) is 13.1. The number of rotatable bonds is 1. The van der Waals surface area contributed by atoms with Gasteiger partial charge in [0.2, 0.25) is 0 Å². The molecule has 108 valence electrons. The summed E-state index contributed by atoms with van der Waals surface area (Å²) in [6.45, 7) is 11.3. The Hall–Kier alpha value is -1.07. The number of hydrogen-bond acceptors (Lipinski definition) is 4. The van der Waals surface area contributed by atoms with Crippen molar-refractivity contribution in [1.82, 2.24) is 0 Å². The molecular formula is C14H21O4S-. The van der Waals surface area contributed by atoms with Gasteiger partial charge >= 0.3 is 0 Å². The van der Waals surface area contributed by atoms with Gasteiger partial charge in [-0.2, -0.15) is 0 Å². The van der Waals surface area contributed by atoms with Gasteiger partial charge in [0.1, 0.15) is 15.9 Å². The van der Waals surface area contributed by atoms with E-state index in [9.17, 15) is 18.1 Å². The van der Waals surface area contributed by atoms with Gasteiger partial charge in [0, 0.05) is 0 Å². The van der Waals surface area contributed by atoms with E-state index in [4.69, 9.17) is 0 Å². The third kappa shape index (κ3) is 3.48. The molecule has 1 rings (SSSR count). The fourth-order valence-corrected chi connectivity index (χ4v) is 2.82. The van der Waals surface area contributed by atoms with Gasteiger partial charge in [0.25, 0.3) is 0 Å². The summed E-state index contributed by atoms with van der Waals surface area (Å²) in [6, 6.07) is 3.06. The molecule has 0 radical (unpaired) electrons. The lowest BCUT2D eigenvalue weighted by Gasteiger charge is -2.28. The van der Waals surface area contributed by atoms with E-state index in [1.54, 1.807) is 6.07 Å². The second-order valence-corrected chi connectivity index (χ2v) is 8.14. The van der Waals surface area contributed by atoms with Crippen molar-refractivity contribution >= 4 is 10.1 Å². The SMILES string of the molecule is CC(C)(C)c1cc(O)c(S(=O)(=O)[O-])c(C(C)(C)C)c1. The topological polar surface area (TPSA) is 77.4 Å². The van der Waals surface area contributed by atoms with Crippen LogP contribution < -0.4 is 0 Å². The Labute approximate surface area is 115 Å². The molecule has 1 aromatic rings. The van der Waals surface area contributed by atoms with Crippen molar-refractivity contribution in [2.75, 3.05) is 0 Å². The summed E-state index contributed by atoms with van der Waals surface area (Å²) in [5.41, 5.74) is 0.351. The maximum Gasteiger partial charge on any atom is 0.133 e. The van der Waals surface area contributed by atoms with E-state index in [1.807, 2.05) is 41.5 Å². The molecule has 0 aliphatic carbocycles. The molecule has 5 heteroatoms. The molecule has 0 aromatic heterocycles. The zero-order chi connectivity index (χ0) is 15.2. The van der Waals surface area contributed by atoms with Crippen molar-refractivity contribution < 1.29 is 18.1 Å². The molecule has 0 fully saturated rings. The van der Waals surface area contributed by atoms with Gasteiger partial charge in [-0.15, -0.1) is 0 Å². The molecule has 1 N–H and O–H groups in total. The van der Waals surface area contributed by atoms with Crippen LogP contribution in [0.2, 0.25) is 0 Å². The molecule has 1 aromatic carbocycles. The standard InChI is InChI=1S/C14H22O4S/c1-13(2,3)9-7-10(14(4,5)6)12(11(15)8-9)19(16,17)18/h7-8,15H,1-6H3,(H,16,17,18)/p-1. The highest BCUT2D eigenvalue weighted by atomic mass is 32.2. The number of hydrogen-bond donors (Lipinski definition) is 1. The van der Waals surface area contributed by atoms with Crippen LogP contribution in [0.5, 0.6) is 5.75 Å². The summed E-state index contributed by atoms with van der Waals surface area (Å²) in [4.78, 5) is -0.506. The van der Waals surface area contributed by atoms with Crippen LogP contribution in [0.1, 0.15) is 52.7 Å². The highest BCUT2D eigenvalue weighted by Gasteiger charge is 2.27. The molecule has 0 atom stereocenters. The first-order chi connectivity index (χ1) is 8.24. The lowest BCUT2D eigenvalue weighted by Crippen LogP contribution is -2.20. The normalized spacial score (nSPS) is 13.6. The maximum atomic E-state index is 11.4. The van der Waals surface area contributed by atoms with Crippen LogP contribution in [0.4, 0.5) is 0 Å². The van der Waals surface area contributed by atoms with Crippen molar-refractivity contribution in [2.24, 2.45) is 0 Å². The van der Waals surface area contributed by atoms with Crippen molar-refractivity contribution in [2.45, 2.75) is 57.3 Å². The summed E-state index contributed by atoms with van der Waals surface area (Å²) in [6.07, 6.45) is 0. The first kappa shape index (κ1) is 16.0. The lowest BCUT2D eigenvalue weighted by molar-refractivity contribution is 0.422. The van der Waals surface area contributed by atoms with Gasteiger partial charge in [-0.1, -0.05) is 47.6 Å². The molecule has 0 bridgehead atoms. The number of benzene rings is 1. The van der Waals surface area contributed by atoms with Crippen LogP contribution in [0.3, 0.4) is 0 Å². The van der Waals surface area contributed by atoms with Crippen molar-refractivity contribution in [1.29, 1.82) is 0 Å². The van der Waals surface area contributed by atoms with Gasteiger partial charge in [-0.3, -0.25) is 0 Å². The molecule has 0 spiro atoms. The minimum absolute atomic E-state index is 0.247. The molecule has 0 aliphatic heterocycles. The smallest absolute Gasteiger partial charge is 0.133 e. The zero-order valence-electron chi connectivity index (χ0n) is 12.2. The van der Waals surface area contributed by atoms with Gasteiger partial charge in [-0.25, -0.2) is 8.42 Å². The maximum absolute atomic E-state index is 11.4. The van der Waals surface area contributed by atoms with Crippen LogP contribution >= 0.6 is 0 Å². The molecule has 0 saturated heterocycles. The van der Waals surface area contributed by atoms with Crippen LogP contribution in [0.25, 0.3) is 0 Å². The predicted molar refractivity (Wildman–Crippen MR) is 73.5 cm³/mol. The summed E-state index contributed by atoms with van der Waals surface area (Å²) in [7, 11) is -4.71. The van der Waals surface area contributed by atoms with Crippen molar-refractivity contribution in [3.05, 3.63) is 23.3 Å². The highest BCUT2D eigenvalue weighted by molar-refractivity contribution is 7.86. The minimum atomic E-state index is -4.71. The van der Waals surface area contributed by atoms with E-state index in [-0.39, 0.29) is 5.41 Å². The van der Waals surface area contributed by atoms with Crippen LogP contribution in [-0.4, -0.2) is 18.1 Å². The van der Waals surface area contributed by atoms with Crippen molar-refractivity contribution in [3.63, 3.8) is 0 Å². The second-order valence-electron chi connectivity index (χ2n) is 6.83. The predicted octanol–water partition coefficient (Wildman–Crippen LogP) is 2.89. The molecule has 19 heavy (non-hydrogen) atoms. The number of aromatic hydroxyl groups is 1. The van der Waals surface area contributed by atoms with Crippen LogP contribution in [-0.2, 0) is 20.9 Å². The first-order valence-electron chi connectivity index (χ1n) is 6.08. The Morgan fingerprint density at radius 1 is 1.00 bits per heavy atom. The van der Waals surface area contributed by atoms with Gasteiger partial charge in [-0.05, 0) is 28.0 Å². The average molecular weight is 285 g/mol. The fraction of sp³-hybridized carbons (Fsp3) is 0.571. The number of phenols is 1. The largest absolute Gasteiger partial charge is 0.744 e. The molecule has 0 unspecified atom stereocenters. The molecule has 0 saturated carbocycles. The van der Waals surface area contributed by atoms with E-state index in [0.29, 0.717) is 5.56 Å². The summed E-state index contributed by atoms with van der Waals surface area (Å²) in [5.74, 6) is -0.465. The lowest BCUT2D eigenvalue weighted by atomic mass is 9.80. The fourth-order valence-electron chi connectivity index (χ4n) is 1.87. The Kier molecular flexibility index (Phi) is 3.78. The van der Waals surface area contributed by atoms with Crippen molar-refractivity contribution in [3.8, 4) is 5.75 Å². The van der Waals surface area contributed by atoms with E-state index in [2.05, 4.69) is 0 Å². The van der Waals surface area contributed by atoms with E-state index in [1.165, 1.54) is 6.07 Å². The second kappa shape index (κ2) is 4.49. The highest BCUT2D eigenvalue weighted by Crippen LogP contribution is 2.38. The van der Waals surface area contributed by atoms with E-state index in [0.717, 1.165) is 5.56 Å². The van der Waals surface area contributed by atoms with Crippen LogP contribution in [0, 0.1) is 0 Å². The monoisotopic (exact) mass is 285 g/mol. The first-order valence-corrected chi connectivity index (χ1v) is 7.49. The van der Waals surface area contributed by atoms with E-state index >= 15 is 0 Å². The molecular weight excluding hydrogens is 264 g/mol.